The van der Waals surface area contributed by atoms with Crippen LogP contribution < -0.4 is 19.5 Å². The first-order valence-corrected chi connectivity index (χ1v) is 14.8. The Morgan fingerprint density at radius 2 is 1.72 bits per heavy atom. The minimum absolute atomic E-state index is 0.0493. The summed E-state index contributed by atoms with van der Waals surface area (Å²) in [5, 5.41) is 4.14. The van der Waals surface area contributed by atoms with Crippen molar-refractivity contribution < 1.29 is 32.2 Å². The molecule has 0 bridgehead atoms. The fraction of sp³-hybridized carbons (Fsp3) is 0.571. The highest BCUT2D eigenvalue weighted by Crippen LogP contribution is 2.34. The molecule has 1 atom stereocenters. The van der Waals surface area contributed by atoms with E-state index < -0.39 is 27.3 Å². The van der Waals surface area contributed by atoms with E-state index >= 15 is 0 Å². The molecule has 216 valence electrons. The second-order valence-electron chi connectivity index (χ2n) is 10.8. The van der Waals surface area contributed by atoms with Gasteiger partial charge in [-0.05, 0) is 81.5 Å². The summed E-state index contributed by atoms with van der Waals surface area (Å²) in [5.74, 6) is 0.796. The zero-order valence-corrected chi connectivity index (χ0v) is 24.6. The number of methoxy groups -OCH3 is 2. The van der Waals surface area contributed by atoms with Crippen LogP contribution in [0.1, 0.15) is 59.8 Å². The number of carbonyl (C=O) groups is 2. The van der Waals surface area contributed by atoms with Gasteiger partial charge in [0.1, 0.15) is 11.1 Å². The predicted octanol–water partition coefficient (Wildman–Crippen LogP) is 4.21. The maximum Gasteiger partial charge on any atom is 0.407 e. The molecule has 0 saturated carbocycles. The van der Waals surface area contributed by atoms with Gasteiger partial charge in [0.05, 0.1) is 19.1 Å². The standard InChI is InChI=1S/C28H41N3O7S/c1-7-8-15-31-16-13-28(25(31)32,12-9-14-29-26(33)38-27(2,3)4)30-39(34,35)22-11-10-20-18-23(36-5)24(37-6)19-21(20)17-22/h10-11,17-19,30H,7-9,12-16H2,1-6H3,(H,29,33). The average Bonchev–Trinajstić information content (AvgIpc) is 3.17. The van der Waals surface area contributed by atoms with Gasteiger partial charge in [0, 0.05) is 19.6 Å². The number of sulfonamides is 1. The van der Waals surface area contributed by atoms with Crippen molar-refractivity contribution in [2.45, 2.75) is 75.8 Å². The molecule has 0 aliphatic carbocycles. The van der Waals surface area contributed by atoms with Crippen molar-refractivity contribution in [2.24, 2.45) is 0 Å². The number of ether oxygens (including phenoxy) is 3. The minimum atomic E-state index is -4.06. The number of amides is 2. The molecule has 39 heavy (non-hydrogen) atoms. The Morgan fingerprint density at radius 3 is 2.33 bits per heavy atom. The molecule has 1 fully saturated rings. The minimum Gasteiger partial charge on any atom is -0.493 e. The Kier molecular flexibility index (Phi) is 9.71. The highest BCUT2D eigenvalue weighted by molar-refractivity contribution is 7.89. The first kappa shape index (κ1) is 30.5. The predicted molar refractivity (Wildman–Crippen MR) is 150 cm³/mol. The monoisotopic (exact) mass is 563 g/mol. The van der Waals surface area contributed by atoms with Crippen molar-refractivity contribution in [1.82, 2.24) is 14.9 Å². The lowest BCUT2D eigenvalue weighted by Gasteiger charge is -2.29. The van der Waals surface area contributed by atoms with Gasteiger partial charge in [-0.3, -0.25) is 4.79 Å². The van der Waals surface area contributed by atoms with Crippen LogP contribution in [0, 0.1) is 0 Å². The lowest BCUT2D eigenvalue weighted by molar-refractivity contribution is -0.133. The molecule has 1 aliphatic rings. The second-order valence-corrected chi connectivity index (χ2v) is 12.5. The van der Waals surface area contributed by atoms with Crippen LogP contribution in [0.3, 0.4) is 0 Å². The maximum absolute atomic E-state index is 13.7. The van der Waals surface area contributed by atoms with E-state index in [0.717, 1.165) is 18.2 Å². The number of nitrogens with zero attached hydrogens (tertiary/aromatic N) is 1. The number of unbranched alkanes of at least 4 members (excludes halogenated alkanes) is 1. The van der Waals surface area contributed by atoms with Crippen LogP contribution in [-0.2, 0) is 19.6 Å². The average molecular weight is 564 g/mol. The van der Waals surface area contributed by atoms with Gasteiger partial charge < -0.3 is 24.4 Å². The number of likely N-dealkylation sites (tertiary alicyclic amines) is 1. The van der Waals surface area contributed by atoms with Gasteiger partial charge in [-0.1, -0.05) is 19.4 Å². The molecule has 2 aromatic carbocycles. The second kappa shape index (κ2) is 12.4. The van der Waals surface area contributed by atoms with E-state index in [0.29, 0.717) is 42.8 Å². The molecule has 10 nitrogen and oxygen atoms in total. The quantitative estimate of drug-likeness (QED) is 0.371. The van der Waals surface area contributed by atoms with Crippen LogP contribution in [-0.4, -0.2) is 70.3 Å². The summed E-state index contributed by atoms with van der Waals surface area (Å²) in [4.78, 5) is 27.4. The Labute approximate surface area is 231 Å². The van der Waals surface area contributed by atoms with Gasteiger partial charge in [0.25, 0.3) is 0 Å². The summed E-state index contributed by atoms with van der Waals surface area (Å²) < 4.78 is 46.1. The van der Waals surface area contributed by atoms with Crippen molar-refractivity contribution in [2.75, 3.05) is 33.9 Å². The number of rotatable bonds is 12. The Hall–Kier alpha value is -3.05. The fourth-order valence-corrected chi connectivity index (χ4v) is 6.16. The van der Waals surface area contributed by atoms with Crippen molar-refractivity contribution in [3.8, 4) is 11.5 Å². The van der Waals surface area contributed by atoms with Gasteiger partial charge in [0.2, 0.25) is 15.9 Å². The van der Waals surface area contributed by atoms with Crippen LogP contribution in [0.15, 0.2) is 35.2 Å². The Balaban J connectivity index is 1.84. The molecule has 2 aromatic rings. The van der Waals surface area contributed by atoms with Crippen LogP contribution in [0.2, 0.25) is 0 Å². The van der Waals surface area contributed by atoms with Crippen LogP contribution in [0.25, 0.3) is 10.8 Å². The van der Waals surface area contributed by atoms with E-state index in [1.165, 1.54) is 20.3 Å². The molecular formula is C28H41N3O7S. The lowest BCUT2D eigenvalue weighted by Crippen LogP contribution is -2.54. The zero-order valence-electron chi connectivity index (χ0n) is 23.8. The number of alkyl carbamates (subject to hydrolysis) is 1. The number of hydrogen-bond acceptors (Lipinski definition) is 7. The SMILES string of the molecule is CCCCN1CCC(CCCNC(=O)OC(C)(C)C)(NS(=O)(=O)c2ccc3cc(OC)c(OC)cc3c2)C1=O. The molecule has 1 saturated heterocycles. The van der Waals surface area contributed by atoms with E-state index in [-0.39, 0.29) is 23.8 Å². The molecule has 0 aromatic heterocycles. The third kappa shape index (κ3) is 7.54. The van der Waals surface area contributed by atoms with E-state index in [1.54, 1.807) is 49.9 Å². The normalized spacial score (nSPS) is 17.9. The van der Waals surface area contributed by atoms with Crippen LogP contribution in [0.4, 0.5) is 4.79 Å². The third-order valence-corrected chi connectivity index (χ3v) is 8.22. The van der Waals surface area contributed by atoms with Gasteiger partial charge in [-0.2, -0.15) is 4.72 Å². The molecular weight excluding hydrogens is 522 g/mol. The van der Waals surface area contributed by atoms with Gasteiger partial charge in [-0.25, -0.2) is 13.2 Å². The Bertz CT molecular complexity index is 1290. The number of hydrogen-bond donors (Lipinski definition) is 2. The van der Waals surface area contributed by atoms with Crippen molar-refractivity contribution >= 4 is 32.8 Å². The van der Waals surface area contributed by atoms with E-state index in [9.17, 15) is 18.0 Å². The molecule has 1 heterocycles. The van der Waals surface area contributed by atoms with Crippen molar-refractivity contribution in [1.29, 1.82) is 0 Å². The summed E-state index contributed by atoms with van der Waals surface area (Å²) >= 11 is 0. The van der Waals surface area contributed by atoms with Crippen molar-refractivity contribution in [3.63, 3.8) is 0 Å². The third-order valence-electron chi connectivity index (χ3n) is 6.69. The first-order chi connectivity index (χ1) is 18.3. The number of fused-ring (bicyclic) bond motifs is 1. The molecule has 2 N–H and O–H groups in total. The highest BCUT2D eigenvalue weighted by Gasteiger charge is 2.48. The van der Waals surface area contributed by atoms with E-state index in [2.05, 4.69) is 10.0 Å². The summed E-state index contributed by atoms with van der Waals surface area (Å²) in [5.41, 5.74) is -1.92. The van der Waals surface area contributed by atoms with Crippen molar-refractivity contribution in [3.05, 3.63) is 30.3 Å². The summed E-state index contributed by atoms with van der Waals surface area (Å²) in [6, 6.07) is 8.28. The topological polar surface area (TPSA) is 123 Å². The molecule has 2 amide bonds. The van der Waals surface area contributed by atoms with Gasteiger partial charge in [-0.15, -0.1) is 0 Å². The molecule has 1 aliphatic heterocycles. The smallest absolute Gasteiger partial charge is 0.407 e. The molecule has 1 unspecified atom stereocenters. The van der Waals surface area contributed by atoms with Gasteiger partial charge in [0.15, 0.2) is 11.5 Å². The summed E-state index contributed by atoms with van der Waals surface area (Å²) in [6.07, 6.45) is 2.19. The Morgan fingerprint density at radius 1 is 1.05 bits per heavy atom. The van der Waals surface area contributed by atoms with E-state index in [1.807, 2.05) is 6.92 Å². The van der Waals surface area contributed by atoms with Crippen LogP contribution >= 0.6 is 0 Å². The largest absolute Gasteiger partial charge is 0.493 e. The molecule has 3 rings (SSSR count). The number of benzene rings is 2. The maximum atomic E-state index is 13.7. The summed E-state index contributed by atoms with van der Waals surface area (Å²) in [7, 11) is -1.01. The molecule has 11 heteroatoms. The zero-order chi connectivity index (χ0) is 28.8. The number of nitrogens with one attached hydrogen (secondary N) is 2. The van der Waals surface area contributed by atoms with Crippen LogP contribution in [0.5, 0.6) is 11.5 Å². The van der Waals surface area contributed by atoms with E-state index in [4.69, 9.17) is 14.2 Å². The number of carbonyl (C=O) groups excluding carboxylic acids is 2. The molecule has 0 spiro atoms. The molecule has 0 radical (unpaired) electrons. The lowest BCUT2D eigenvalue weighted by atomic mass is 9.93. The summed E-state index contributed by atoms with van der Waals surface area (Å²) in [6.45, 7) is 8.66. The first-order valence-electron chi connectivity index (χ1n) is 13.3. The fourth-order valence-electron chi connectivity index (χ4n) is 4.71. The van der Waals surface area contributed by atoms with Gasteiger partial charge >= 0.3 is 6.09 Å². The highest BCUT2D eigenvalue weighted by atomic mass is 32.2.